The van der Waals surface area contributed by atoms with Crippen molar-refractivity contribution in [1.82, 2.24) is 18.5 Å². The maximum absolute atomic E-state index is 9.64. The number of nitrogens with zero attached hydrogens (tertiary/aromatic N) is 4. The van der Waals surface area contributed by atoms with E-state index in [4.69, 9.17) is 9.47 Å². The number of hydrogen-bond acceptors (Lipinski definition) is 8. The lowest BCUT2D eigenvalue weighted by atomic mass is 10.1. The summed E-state index contributed by atoms with van der Waals surface area (Å²) in [5, 5.41) is 9.64. The number of methoxy groups -OCH3 is 2. The van der Waals surface area contributed by atoms with E-state index in [1.165, 1.54) is 17.3 Å². The highest BCUT2D eigenvalue weighted by atomic mass is 32.1. The molecule has 0 unspecified atom stereocenters. The fourth-order valence-electron chi connectivity index (χ4n) is 4.11. The van der Waals surface area contributed by atoms with Gasteiger partial charge in [0.05, 0.1) is 25.9 Å². The molecule has 30 heavy (non-hydrogen) atoms. The molecule has 1 atom stereocenters. The minimum absolute atomic E-state index is 0.187. The molecule has 1 aliphatic rings. The molecular formula is C22H28N4O3S. The molecule has 0 saturated carbocycles. The molecule has 0 aliphatic carbocycles. The first-order chi connectivity index (χ1) is 14.7. The zero-order chi connectivity index (χ0) is 20.9. The Labute approximate surface area is 181 Å². The highest BCUT2D eigenvalue weighted by molar-refractivity contribution is 7.00. The van der Waals surface area contributed by atoms with E-state index in [1.807, 2.05) is 12.1 Å². The summed E-state index contributed by atoms with van der Waals surface area (Å²) in [4.78, 5) is 4.92. The molecule has 2 aromatic carbocycles. The number of ether oxygens (including phenoxy) is 2. The van der Waals surface area contributed by atoms with Crippen LogP contribution in [0.15, 0.2) is 36.4 Å². The van der Waals surface area contributed by atoms with Gasteiger partial charge >= 0.3 is 0 Å². The SMILES string of the molecule is COc1cc(CN2CCN(Cc3ccc4nsnc4c3)C[C@H]2CCO)cc(OC)c1. The van der Waals surface area contributed by atoms with E-state index < -0.39 is 0 Å². The van der Waals surface area contributed by atoms with Crippen LogP contribution < -0.4 is 9.47 Å². The third-order valence-electron chi connectivity index (χ3n) is 5.67. The molecule has 4 rings (SSSR count). The van der Waals surface area contributed by atoms with Crippen LogP contribution >= 0.6 is 11.7 Å². The fraction of sp³-hybridized carbons (Fsp3) is 0.455. The highest BCUT2D eigenvalue weighted by Gasteiger charge is 2.27. The number of benzene rings is 2. The standard InChI is InChI=1S/C22H28N4O3S/c1-28-19-9-17(10-20(12-19)29-2)14-26-7-6-25(15-18(26)5-8-27)13-16-3-4-21-22(11-16)24-30-23-21/h3-4,9-12,18,27H,5-8,13-15H2,1-2H3/t18-/m1/s1. The van der Waals surface area contributed by atoms with Crippen LogP contribution in [0.1, 0.15) is 17.5 Å². The Morgan fingerprint density at radius 1 is 0.967 bits per heavy atom. The minimum atomic E-state index is 0.187. The quantitative estimate of drug-likeness (QED) is 0.592. The van der Waals surface area contributed by atoms with E-state index >= 15 is 0 Å². The Morgan fingerprint density at radius 2 is 1.73 bits per heavy atom. The number of aliphatic hydroxyl groups is 1. The summed E-state index contributed by atoms with van der Waals surface area (Å²) in [5.74, 6) is 1.60. The molecule has 8 heteroatoms. The molecule has 1 aromatic heterocycles. The Kier molecular flexibility index (Phi) is 6.79. The van der Waals surface area contributed by atoms with Gasteiger partial charge in [-0.1, -0.05) is 6.07 Å². The van der Waals surface area contributed by atoms with E-state index in [0.717, 1.165) is 67.2 Å². The van der Waals surface area contributed by atoms with Crippen molar-refractivity contribution in [2.75, 3.05) is 40.5 Å². The molecule has 7 nitrogen and oxygen atoms in total. The zero-order valence-corrected chi connectivity index (χ0v) is 18.3. The van der Waals surface area contributed by atoms with Crippen LogP contribution in [0.5, 0.6) is 11.5 Å². The smallest absolute Gasteiger partial charge is 0.122 e. The van der Waals surface area contributed by atoms with E-state index in [-0.39, 0.29) is 6.61 Å². The average Bonchev–Trinajstić information content (AvgIpc) is 3.23. The monoisotopic (exact) mass is 428 g/mol. The molecule has 160 valence electrons. The predicted octanol–water partition coefficient (Wildman–Crippen LogP) is 2.78. The Balaban J connectivity index is 1.44. The Hall–Kier alpha value is -2.26. The second-order valence-electron chi connectivity index (χ2n) is 7.68. The van der Waals surface area contributed by atoms with Crippen molar-refractivity contribution >= 4 is 22.8 Å². The lowest BCUT2D eigenvalue weighted by molar-refractivity contribution is 0.0499. The number of piperazine rings is 1. The summed E-state index contributed by atoms with van der Waals surface area (Å²) in [6.07, 6.45) is 0.757. The third kappa shape index (κ3) is 4.89. The predicted molar refractivity (Wildman–Crippen MR) is 118 cm³/mol. The van der Waals surface area contributed by atoms with Gasteiger partial charge in [-0.3, -0.25) is 9.80 Å². The highest BCUT2D eigenvalue weighted by Crippen LogP contribution is 2.25. The second kappa shape index (κ2) is 9.70. The number of aromatic nitrogens is 2. The van der Waals surface area contributed by atoms with Crippen LogP contribution in [0.2, 0.25) is 0 Å². The van der Waals surface area contributed by atoms with Crippen LogP contribution in [-0.2, 0) is 13.1 Å². The molecule has 1 aliphatic heterocycles. The van der Waals surface area contributed by atoms with Gasteiger partial charge in [-0.05, 0) is 41.8 Å². The Bertz CT molecular complexity index is 958. The van der Waals surface area contributed by atoms with Crippen molar-refractivity contribution < 1.29 is 14.6 Å². The summed E-state index contributed by atoms with van der Waals surface area (Å²) in [7, 11) is 3.34. The number of fused-ring (bicyclic) bond motifs is 1. The normalized spacial score (nSPS) is 18.0. The van der Waals surface area contributed by atoms with E-state index in [0.29, 0.717) is 6.04 Å². The minimum Gasteiger partial charge on any atom is -0.497 e. The maximum Gasteiger partial charge on any atom is 0.122 e. The topological polar surface area (TPSA) is 71.0 Å². The van der Waals surface area contributed by atoms with Gasteiger partial charge < -0.3 is 14.6 Å². The van der Waals surface area contributed by atoms with Crippen molar-refractivity contribution in [2.24, 2.45) is 0 Å². The average molecular weight is 429 g/mol. The summed E-state index contributed by atoms with van der Waals surface area (Å²) in [6.45, 7) is 4.74. The molecule has 1 saturated heterocycles. The van der Waals surface area contributed by atoms with Crippen molar-refractivity contribution in [2.45, 2.75) is 25.6 Å². The molecule has 0 radical (unpaired) electrons. The first kappa shape index (κ1) is 21.0. The van der Waals surface area contributed by atoms with Crippen LogP contribution in [0, 0.1) is 0 Å². The molecule has 0 spiro atoms. The van der Waals surface area contributed by atoms with Gasteiger partial charge in [0.1, 0.15) is 22.5 Å². The number of hydrogen-bond donors (Lipinski definition) is 1. The fourth-order valence-corrected chi connectivity index (χ4v) is 4.63. The van der Waals surface area contributed by atoms with Crippen LogP contribution in [0.4, 0.5) is 0 Å². The molecule has 2 heterocycles. The van der Waals surface area contributed by atoms with E-state index in [9.17, 15) is 5.11 Å². The van der Waals surface area contributed by atoms with Gasteiger partial charge in [0.25, 0.3) is 0 Å². The first-order valence-electron chi connectivity index (χ1n) is 10.2. The van der Waals surface area contributed by atoms with Gasteiger partial charge in [-0.2, -0.15) is 8.75 Å². The van der Waals surface area contributed by atoms with Gasteiger partial charge in [0, 0.05) is 51.4 Å². The van der Waals surface area contributed by atoms with Crippen molar-refractivity contribution in [3.63, 3.8) is 0 Å². The van der Waals surface area contributed by atoms with Gasteiger partial charge in [0.2, 0.25) is 0 Å². The number of aliphatic hydroxyl groups excluding tert-OH is 1. The molecule has 0 bridgehead atoms. The van der Waals surface area contributed by atoms with E-state index in [2.05, 4.69) is 42.8 Å². The summed E-state index contributed by atoms with van der Waals surface area (Å²) in [6, 6.07) is 12.6. The maximum atomic E-state index is 9.64. The first-order valence-corrected chi connectivity index (χ1v) is 10.9. The lowest BCUT2D eigenvalue weighted by Crippen LogP contribution is -2.52. The summed E-state index contributed by atoms with van der Waals surface area (Å²) < 4.78 is 19.5. The molecule has 3 aromatic rings. The van der Waals surface area contributed by atoms with Gasteiger partial charge in [-0.15, -0.1) is 0 Å². The van der Waals surface area contributed by atoms with Crippen molar-refractivity contribution in [3.05, 3.63) is 47.5 Å². The van der Waals surface area contributed by atoms with Crippen molar-refractivity contribution in [1.29, 1.82) is 0 Å². The summed E-state index contributed by atoms with van der Waals surface area (Å²) in [5.41, 5.74) is 4.34. The molecule has 0 amide bonds. The third-order valence-corrected chi connectivity index (χ3v) is 6.23. The van der Waals surface area contributed by atoms with Crippen LogP contribution in [0.3, 0.4) is 0 Å². The lowest BCUT2D eigenvalue weighted by Gasteiger charge is -2.41. The molecule has 1 N–H and O–H groups in total. The van der Waals surface area contributed by atoms with Gasteiger partial charge in [0.15, 0.2) is 0 Å². The summed E-state index contributed by atoms with van der Waals surface area (Å²) >= 11 is 1.26. The molecular weight excluding hydrogens is 400 g/mol. The van der Waals surface area contributed by atoms with E-state index in [1.54, 1.807) is 14.2 Å². The van der Waals surface area contributed by atoms with Crippen LogP contribution in [-0.4, -0.2) is 70.2 Å². The largest absolute Gasteiger partial charge is 0.497 e. The van der Waals surface area contributed by atoms with Gasteiger partial charge in [-0.25, -0.2) is 0 Å². The van der Waals surface area contributed by atoms with Crippen LogP contribution in [0.25, 0.3) is 11.0 Å². The zero-order valence-electron chi connectivity index (χ0n) is 17.5. The van der Waals surface area contributed by atoms with Crippen molar-refractivity contribution in [3.8, 4) is 11.5 Å². The number of rotatable bonds is 8. The second-order valence-corrected chi connectivity index (χ2v) is 8.21. The molecule has 1 fully saturated rings. The Morgan fingerprint density at radius 3 is 2.47 bits per heavy atom.